The number of thioether (sulfide) groups is 1. The van der Waals surface area contributed by atoms with Crippen molar-refractivity contribution < 1.29 is 9.84 Å². The summed E-state index contributed by atoms with van der Waals surface area (Å²) in [4.78, 5) is 0. The number of hydrogen-bond acceptors (Lipinski definition) is 4. The smallest absolute Gasteiger partial charge is 0.0643 e. The van der Waals surface area contributed by atoms with Crippen LogP contribution in [0.1, 0.15) is 6.92 Å². The number of aliphatic hydroxyl groups excluding tert-OH is 1. The topological polar surface area (TPSA) is 41.5 Å². The van der Waals surface area contributed by atoms with Crippen LogP contribution in [0.4, 0.5) is 0 Å². The van der Waals surface area contributed by atoms with Crippen LogP contribution in [-0.4, -0.2) is 48.5 Å². The molecule has 0 aromatic carbocycles. The van der Waals surface area contributed by atoms with Gasteiger partial charge in [-0.3, -0.25) is 0 Å². The zero-order chi connectivity index (χ0) is 8.97. The lowest BCUT2D eigenvalue weighted by Crippen LogP contribution is -2.52. The van der Waals surface area contributed by atoms with Crippen LogP contribution in [0.5, 0.6) is 0 Å². The minimum Gasteiger partial charge on any atom is -0.395 e. The summed E-state index contributed by atoms with van der Waals surface area (Å²) in [6, 6.07) is 0.861. The van der Waals surface area contributed by atoms with Gasteiger partial charge in [0.05, 0.1) is 25.9 Å². The van der Waals surface area contributed by atoms with E-state index in [-0.39, 0.29) is 6.61 Å². The molecule has 0 spiro atoms. The van der Waals surface area contributed by atoms with Gasteiger partial charge in [0, 0.05) is 11.3 Å². The molecule has 1 saturated heterocycles. The summed E-state index contributed by atoms with van der Waals surface area (Å²) in [5, 5.41) is 12.7. The van der Waals surface area contributed by atoms with E-state index in [1.165, 1.54) is 0 Å². The third-order valence-electron chi connectivity index (χ3n) is 2.18. The molecule has 0 aliphatic carbocycles. The first-order valence-electron chi connectivity index (χ1n) is 4.25. The predicted octanol–water partition coefficient (Wildman–Crippen LogP) is 0.0872. The van der Waals surface area contributed by atoms with Crippen LogP contribution in [0.25, 0.3) is 0 Å². The van der Waals surface area contributed by atoms with E-state index in [0.717, 1.165) is 13.2 Å². The lowest BCUT2D eigenvalue weighted by atomic mass is 10.2. The first-order valence-corrected chi connectivity index (χ1v) is 5.54. The van der Waals surface area contributed by atoms with Crippen molar-refractivity contribution >= 4 is 11.8 Å². The molecule has 2 N–H and O–H groups in total. The molecular weight excluding hydrogens is 174 g/mol. The van der Waals surface area contributed by atoms with Crippen LogP contribution in [0.15, 0.2) is 0 Å². The fourth-order valence-corrected chi connectivity index (χ4v) is 1.88. The van der Waals surface area contributed by atoms with Gasteiger partial charge in [-0.2, -0.15) is 11.8 Å². The maximum absolute atomic E-state index is 9.01. The van der Waals surface area contributed by atoms with Crippen molar-refractivity contribution in [3.05, 3.63) is 0 Å². The second kappa shape index (κ2) is 5.07. The molecule has 0 saturated carbocycles. The molecule has 1 heterocycles. The van der Waals surface area contributed by atoms with E-state index < -0.39 is 0 Å². The van der Waals surface area contributed by atoms with E-state index in [4.69, 9.17) is 9.84 Å². The summed E-state index contributed by atoms with van der Waals surface area (Å²) < 4.78 is 5.05. The second-order valence-corrected chi connectivity index (χ2v) is 4.22. The summed E-state index contributed by atoms with van der Waals surface area (Å²) in [6.07, 6.45) is 2.02. The Bertz CT molecular complexity index is 126. The van der Waals surface area contributed by atoms with E-state index in [1.807, 2.05) is 6.26 Å². The summed E-state index contributed by atoms with van der Waals surface area (Å²) in [5.74, 6) is 0. The maximum Gasteiger partial charge on any atom is 0.0643 e. The van der Waals surface area contributed by atoms with Crippen LogP contribution in [0.3, 0.4) is 0 Å². The highest BCUT2D eigenvalue weighted by Crippen LogP contribution is 2.12. The molecule has 3 nitrogen and oxygen atoms in total. The first kappa shape index (κ1) is 10.3. The third-order valence-corrected chi connectivity index (χ3v) is 3.34. The summed E-state index contributed by atoms with van der Waals surface area (Å²) in [6.45, 7) is 3.98. The maximum atomic E-state index is 9.01. The molecule has 1 aliphatic rings. The molecule has 2 atom stereocenters. The SMILES string of the molecule is CSC(CO)C(C)NC1COC1. The van der Waals surface area contributed by atoms with E-state index in [0.29, 0.717) is 17.3 Å². The van der Waals surface area contributed by atoms with Crippen LogP contribution in [0, 0.1) is 0 Å². The average Bonchev–Trinajstić information content (AvgIpc) is 1.99. The van der Waals surface area contributed by atoms with E-state index in [9.17, 15) is 0 Å². The standard InChI is InChI=1S/C8H17NO2S/c1-6(8(3-10)12-2)9-7-4-11-5-7/h6-10H,3-5H2,1-2H3. The number of hydrogen-bond donors (Lipinski definition) is 2. The highest BCUT2D eigenvalue weighted by atomic mass is 32.2. The van der Waals surface area contributed by atoms with Gasteiger partial charge in [-0.1, -0.05) is 0 Å². The number of ether oxygens (including phenoxy) is 1. The third kappa shape index (κ3) is 2.62. The highest BCUT2D eigenvalue weighted by Gasteiger charge is 2.23. The van der Waals surface area contributed by atoms with Crippen molar-refractivity contribution in [3.63, 3.8) is 0 Å². The molecule has 0 radical (unpaired) electrons. The molecule has 1 fully saturated rings. The molecule has 12 heavy (non-hydrogen) atoms. The van der Waals surface area contributed by atoms with Crippen molar-refractivity contribution in [2.45, 2.75) is 24.3 Å². The molecule has 0 bridgehead atoms. The molecule has 1 rings (SSSR count). The molecule has 0 amide bonds. The Morgan fingerprint density at radius 1 is 1.67 bits per heavy atom. The minimum atomic E-state index is 0.239. The minimum absolute atomic E-state index is 0.239. The quantitative estimate of drug-likeness (QED) is 0.646. The Kier molecular flexibility index (Phi) is 4.35. The van der Waals surface area contributed by atoms with Crippen LogP contribution in [0.2, 0.25) is 0 Å². The Labute approximate surface area is 77.9 Å². The van der Waals surface area contributed by atoms with Gasteiger partial charge in [-0.15, -0.1) is 0 Å². The molecule has 1 aliphatic heterocycles. The van der Waals surface area contributed by atoms with Crippen molar-refractivity contribution in [2.24, 2.45) is 0 Å². The lowest BCUT2D eigenvalue weighted by Gasteiger charge is -2.32. The van der Waals surface area contributed by atoms with Gasteiger partial charge >= 0.3 is 0 Å². The van der Waals surface area contributed by atoms with Crippen molar-refractivity contribution in [1.82, 2.24) is 5.32 Å². The molecular formula is C8H17NO2S. The number of rotatable bonds is 5. The monoisotopic (exact) mass is 191 g/mol. The Hall–Kier alpha value is 0.230. The van der Waals surface area contributed by atoms with Crippen molar-refractivity contribution in [3.8, 4) is 0 Å². The molecule has 2 unspecified atom stereocenters. The van der Waals surface area contributed by atoms with Crippen LogP contribution in [-0.2, 0) is 4.74 Å². The van der Waals surface area contributed by atoms with Gasteiger partial charge in [-0.05, 0) is 13.2 Å². The highest BCUT2D eigenvalue weighted by molar-refractivity contribution is 7.99. The van der Waals surface area contributed by atoms with E-state index in [2.05, 4.69) is 12.2 Å². The zero-order valence-electron chi connectivity index (χ0n) is 7.62. The summed E-state index contributed by atoms with van der Waals surface area (Å²) in [5.41, 5.74) is 0. The molecule has 0 aromatic heterocycles. The average molecular weight is 191 g/mol. The van der Waals surface area contributed by atoms with Crippen LogP contribution >= 0.6 is 11.8 Å². The van der Waals surface area contributed by atoms with Gasteiger partial charge < -0.3 is 15.2 Å². The largest absolute Gasteiger partial charge is 0.395 e. The normalized spacial score (nSPS) is 23.2. The van der Waals surface area contributed by atoms with Gasteiger partial charge in [0.25, 0.3) is 0 Å². The predicted molar refractivity (Wildman–Crippen MR) is 51.6 cm³/mol. The van der Waals surface area contributed by atoms with Crippen LogP contribution < -0.4 is 5.32 Å². The van der Waals surface area contributed by atoms with E-state index >= 15 is 0 Å². The molecule has 4 heteroatoms. The summed E-state index contributed by atoms with van der Waals surface area (Å²) >= 11 is 1.70. The summed E-state index contributed by atoms with van der Waals surface area (Å²) in [7, 11) is 0. The van der Waals surface area contributed by atoms with Gasteiger partial charge in [0.1, 0.15) is 0 Å². The fraction of sp³-hybridized carbons (Fsp3) is 1.00. The Balaban J connectivity index is 2.19. The van der Waals surface area contributed by atoms with Crippen molar-refractivity contribution in [1.29, 1.82) is 0 Å². The zero-order valence-corrected chi connectivity index (χ0v) is 8.43. The second-order valence-electron chi connectivity index (χ2n) is 3.15. The van der Waals surface area contributed by atoms with Gasteiger partial charge in [-0.25, -0.2) is 0 Å². The fourth-order valence-electron chi connectivity index (χ4n) is 1.25. The van der Waals surface area contributed by atoms with Crippen molar-refractivity contribution in [2.75, 3.05) is 26.1 Å². The molecule has 0 aromatic rings. The molecule has 72 valence electrons. The van der Waals surface area contributed by atoms with E-state index in [1.54, 1.807) is 11.8 Å². The number of aliphatic hydroxyl groups is 1. The van der Waals surface area contributed by atoms with Gasteiger partial charge in [0.2, 0.25) is 0 Å². The van der Waals surface area contributed by atoms with Gasteiger partial charge in [0.15, 0.2) is 0 Å². The lowest BCUT2D eigenvalue weighted by molar-refractivity contribution is -0.00978. The number of nitrogens with one attached hydrogen (secondary N) is 1. The Morgan fingerprint density at radius 2 is 2.33 bits per heavy atom. The first-order chi connectivity index (χ1) is 5.77. The Morgan fingerprint density at radius 3 is 2.67 bits per heavy atom.